The molecule has 1 heterocycles. The molecule has 1 aliphatic heterocycles. The zero-order valence-electron chi connectivity index (χ0n) is 7.65. The highest BCUT2D eigenvalue weighted by molar-refractivity contribution is 7.33. The van der Waals surface area contributed by atoms with E-state index < -0.39 is 8.25 Å². The van der Waals surface area contributed by atoms with Crippen LogP contribution < -0.4 is 0 Å². The lowest BCUT2D eigenvalue weighted by Gasteiger charge is -2.21. The Labute approximate surface area is 98.2 Å². The number of hydrogen-bond donors (Lipinski definition) is 0. The van der Waals surface area contributed by atoms with Crippen molar-refractivity contribution in [2.45, 2.75) is 12.5 Å². The minimum absolute atomic E-state index is 0.251. The van der Waals surface area contributed by atoms with Gasteiger partial charge in [-0.3, -0.25) is 9.05 Å². The normalized spacial score (nSPS) is 24.1. The number of halogens is 2. The summed E-state index contributed by atoms with van der Waals surface area (Å²) < 4.78 is 21.0. The van der Waals surface area contributed by atoms with Crippen LogP contribution in [0.4, 0.5) is 0 Å². The molecule has 1 aromatic carbocycles. The van der Waals surface area contributed by atoms with Gasteiger partial charge in [-0.05, 0) is 23.8 Å². The lowest BCUT2D eigenvalue weighted by Crippen LogP contribution is -2.09. The van der Waals surface area contributed by atoms with Crippen LogP contribution in [0.5, 0.6) is 0 Å². The van der Waals surface area contributed by atoms with Crippen molar-refractivity contribution in [3.63, 3.8) is 0 Å². The van der Waals surface area contributed by atoms with E-state index in [2.05, 4.69) is 0 Å². The highest BCUT2D eigenvalue weighted by Gasteiger charge is 2.22. The van der Waals surface area contributed by atoms with Crippen LogP contribution in [0.2, 0.25) is 10.0 Å². The highest BCUT2D eigenvalue weighted by atomic mass is 35.5. The average Bonchev–Trinajstić information content (AvgIpc) is 2.16. The van der Waals surface area contributed by atoms with E-state index >= 15 is 0 Å². The Morgan fingerprint density at radius 2 is 1.93 bits per heavy atom. The third kappa shape index (κ3) is 2.90. The van der Waals surface area contributed by atoms with E-state index in [9.17, 15) is 4.57 Å². The van der Waals surface area contributed by atoms with Crippen LogP contribution in [0.25, 0.3) is 0 Å². The van der Waals surface area contributed by atoms with Crippen molar-refractivity contribution >= 4 is 31.5 Å². The Bertz CT molecular complexity index is 377. The zero-order valence-corrected chi connectivity index (χ0v) is 10.1. The summed E-state index contributed by atoms with van der Waals surface area (Å²) in [7, 11) is -2.01. The maximum absolute atomic E-state index is 11.1. The number of hydrogen-bond acceptors (Lipinski definition) is 3. The number of rotatable bonds is 1. The monoisotopic (exact) mass is 265 g/mol. The van der Waals surface area contributed by atoms with Crippen LogP contribution in [-0.2, 0) is 13.6 Å². The van der Waals surface area contributed by atoms with Crippen LogP contribution in [0.1, 0.15) is 18.1 Å². The van der Waals surface area contributed by atoms with Gasteiger partial charge in [0.05, 0.1) is 6.61 Å². The summed E-state index contributed by atoms with van der Waals surface area (Å²) in [5, 5.41) is 1.09. The van der Waals surface area contributed by atoms with Crippen LogP contribution in [0, 0.1) is 0 Å². The molecule has 2 rings (SSSR count). The standard InChI is InChI=1S/C9H8Cl2O3P/c10-7-3-6(4-8(11)5-7)9-1-2-13-15(12)14-9/h3-5,9H,1-2H2/t9-/m0/s1. The van der Waals surface area contributed by atoms with Crippen molar-refractivity contribution in [3.8, 4) is 0 Å². The second kappa shape index (κ2) is 4.77. The Balaban J connectivity index is 2.24. The molecule has 0 N–H and O–H groups in total. The van der Waals surface area contributed by atoms with Crippen molar-refractivity contribution in [2.75, 3.05) is 6.61 Å². The fourth-order valence-electron chi connectivity index (χ4n) is 1.41. The molecular weight excluding hydrogens is 258 g/mol. The van der Waals surface area contributed by atoms with E-state index in [1.54, 1.807) is 18.2 Å². The van der Waals surface area contributed by atoms with Crippen molar-refractivity contribution in [2.24, 2.45) is 0 Å². The Morgan fingerprint density at radius 3 is 2.53 bits per heavy atom. The van der Waals surface area contributed by atoms with Gasteiger partial charge in [-0.1, -0.05) is 23.2 Å². The van der Waals surface area contributed by atoms with Crippen LogP contribution >= 0.6 is 31.5 Å². The summed E-state index contributed by atoms with van der Waals surface area (Å²) in [5.41, 5.74) is 0.833. The summed E-state index contributed by atoms with van der Waals surface area (Å²) in [6.07, 6.45) is 0.399. The van der Waals surface area contributed by atoms with Crippen molar-refractivity contribution < 1.29 is 13.6 Å². The molecule has 1 aromatic rings. The fraction of sp³-hybridized carbons (Fsp3) is 0.333. The first-order valence-corrected chi connectivity index (χ1v) is 6.23. The third-order valence-corrected chi connectivity index (χ3v) is 3.30. The lowest BCUT2D eigenvalue weighted by atomic mass is 10.1. The summed E-state index contributed by atoms with van der Waals surface area (Å²) in [4.78, 5) is 0. The molecule has 0 aliphatic carbocycles. The van der Waals surface area contributed by atoms with Crippen LogP contribution in [-0.4, -0.2) is 6.61 Å². The molecular formula is C9H8Cl2O3P. The molecule has 1 unspecified atom stereocenters. The van der Waals surface area contributed by atoms with Gasteiger partial charge in [0, 0.05) is 16.5 Å². The maximum atomic E-state index is 11.1. The smallest absolute Gasteiger partial charge is 0.283 e. The van der Waals surface area contributed by atoms with Gasteiger partial charge in [-0.15, -0.1) is 0 Å². The van der Waals surface area contributed by atoms with Gasteiger partial charge in [0.15, 0.2) is 0 Å². The second-order valence-electron chi connectivity index (χ2n) is 3.14. The Kier molecular flexibility index (Phi) is 3.60. The number of benzene rings is 1. The molecule has 1 radical (unpaired) electrons. The molecule has 3 nitrogen and oxygen atoms in total. The molecule has 0 spiro atoms. The molecule has 15 heavy (non-hydrogen) atoms. The van der Waals surface area contributed by atoms with Gasteiger partial charge in [-0.2, -0.15) is 0 Å². The van der Waals surface area contributed by atoms with E-state index in [1.807, 2.05) is 0 Å². The first-order valence-electron chi connectivity index (χ1n) is 4.38. The topological polar surface area (TPSA) is 35.5 Å². The van der Waals surface area contributed by atoms with E-state index in [1.165, 1.54) is 0 Å². The summed E-state index contributed by atoms with van der Waals surface area (Å²) in [6.45, 7) is 0.421. The van der Waals surface area contributed by atoms with E-state index in [-0.39, 0.29) is 6.10 Å². The first kappa shape index (κ1) is 11.3. The fourth-order valence-corrected chi connectivity index (χ4v) is 2.70. The minimum Gasteiger partial charge on any atom is -0.283 e. The van der Waals surface area contributed by atoms with Gasteiger partial charge >= 0.3 is 8.25 Å². The lowest BCUT2D eigenvalue weighted by molar-refractivity contribution is 0.0968. The van der Waals surface area contributed by atoms with Crippen LogP contribution in [0.15, 0.2) is 18.2 Å². The van der Waals surface area contributed by atoms with Crippen LogP contribution in [0.3, 0.4) is 0 Å². The van der Waals surface area contributed by atoms with E-state index in [0.717, 1.165) is 5.56 Å². The van der Waals surface area contributed by atoms with Gasteiger partial charge in [-0.25, -0.2) is 4.57 Å². The third-order valence-electron chi connectivity index (χ3n) is 2.05. The molecule has 0 saturated carbocycles. The van der Waals surface area contributed by atoms with Gasteiger partial charge in [0.1, 0.15) is 6.10 Å². The Hall–Kier alpha value is -0.180. The molecule has 0 amide bonds. The van der Waals surface area contributed by atoms with E-state index in [0.29, 0.717) is 23.1 Å². The molecule has 81 valence electrons. The predicted molar refractivity (Wildman–Crippen MR) is 58.5 cm³/mol. The van der Waals surface area contributed by atoms with E-state index in [4.69, 9.17) is 32.2 Å². The van der Waals surface area contributed by atoms with Gasteiger partial charge < -0.3 is 0 Å². The summed E-state index contributed by atoms with van der Waals surface area (Å²) in [5.74, 6) is 0. The Morgan fingerprint density at radius 1 is 1.27 bits per heavy atom. The van der Waals surface area contributed by atoms with Gasteiger partial charge in [0.2, 0.25) is 0 Å². The molecule has 6 heteroatoms. The molecule has 0 bridgehead atoms. The highest BCUT2D eigenvalue weighted by Crippen LogP contribution is 2.40. The SMILES string of the molecule is O=[P]1OCC[C@@H](c2cc(Cl)cc(Cl)c2)O1. The molecule has 1 aliphatic rings. The minimum atomic E-state index is -2.01. The quantitative estimate of drug-likeness (QED) is 0.717. The zero-order chi connectivity index (χ0) is 10.8. The molecule has 2 atom stereocenters. The molecule has 0 aromatic heterocycles. The predicted octanol–water partition coefficient (Wildman–Crippen LogP) is 4.13. The second-order valence-corrected chi connectivity index (χ2v) is 4.93. The summed E-state index contributed by atoms with van der Waals surface area (Å²) in [6, 6.07) is 5.16. The van der Waals surface area contributed by atoms with Crippen molar-refractivity contribution in [1.29, 1.82) is 0 Å². The summed E-state index contributed by atoms with van der Waals surface area (Å²) >= 11 is 11.7. The molecule has 1 fully saturated rings. The maximum Gasteiger partial charge on any atom is 0.369 e. The molecule has 1 saturated heterocycles. The van der Waals surface area contributed by atoms with Gasteiger partial charge in [0.25, 0.3) is 0 Å². The van der Waals surface area contributed by atoms with Crippen molar-refractivity contribution in [1.82, 2.24) is 0 Å². The van der Waals surface area contributed by atoms with Crippen molar-refractivity contribution in [3.05, 3.63) is 33.8 Å². The average molecular weight is 266 g/mol. The first-order chi connectivity index (χ1) is 7.15. The largest absolute Gasteiger partial charge is 0.369 e.